The predicted molar refractivity (Wildman–Crippen MR) is 120 cm³/mol. The lowest BCUT2D eigenvalue weighted by atomic mass is 10.2. The molecule has 1 aromatic heterocycles. The molecule has 3 rings (SSSR count). The van der Waals surface area contributed by atoms with E-state index < -0.39 is 0 Å². The van der Waals surface area contributed by atoms with Crippen LogP contribution in [0.4, 0.5) is 9.52 Å². The molecule has 3 aromatic rings. The number of aromatic nitrogens is 2. The van der Waals surface area contributed by atoms with Crippen molar-refractivity contribution in [3.05, 3.63) is 62.8 Å². The predicted octanol–water partition coefficient (Wildman–Crippen LogP) is 3.69. The van der Waals surface area contributed by atoms with Gasteiger partial charge in [-0.2, -0.15) is 5.10 Å². The van der Waals surface area contributed by atoms with Crippen molar-refractivity contribution >= 4 is 44.5 Å². The van der Waals surface area contributed by atoms with E-state index in [9.17, 15) is 9.18 Å². The van der Waals surface area contributed by atoms with E-state index in [-0.39, 0.29) is 24.8 Å². The highest BCUT2D eigenvalue weighted by molar-refractivity contribution is 9.10. The minimum Gasteiger partial charge on any atom is -0.490 e. The Morgan fingerprint density at radius 1 is 1.32 bits per heavy atom. The van der Waals surface area contributed by atoms with Gasteiger partial charge in [0, 0.05) is 5.56 Å². The molecule has 2 aromatic carbocycles. The highest BCUT2D eigenvalue weighted by Gasteiger charge is 2.13. The fraction of sp³-hybridized carbons (Fsp3) is 0.200. The van der Waals surface area contributed by atoms with Gasteiger partial charge in [0.05, 0.1) is 23.7 Å². The second-order valence-electron chi connectivity index (χ2n) is 6.15. The normalized spacial score (nSPS) is 10.9. The van der Waals surface area contributed by atoms with Crippen LogP contribution in [0, 0.1) is 5.82 Å². The third kappa shape index (κ3) is 6.46. The fourth-order valence-electron chi connectivity index (χ4n) is 2.52. The van der Waals surface area contributed by atoms with E-state index in [1.54, 1.807) is 30.3 Å². The number of amides is 1. The largest absolute Gasteiger partial charge is 0.490 e. The van der Waals surface area contributed by atoms with Gasteiger partial charge < -0.3 is 15.2 Å². The van der Waals surface area contributed by atoms with Gasteiger partial charge in [-0.15, -0.1) is 10.2 Å². The number of hydrazone groups is 1. The minimum absolute atomic E-state index is 0.0307. The molecule has 0 aliphatic rings. The van der Waals surface area contributed by atoms with Crippen molar-refractivity contribution in [1.29, 1.82) is 0 Å². The zero-order valence-corrected chi connectivity index (χ0v) is 18.9. The Bertz CT molecular complexity index is 1090. The molecule has 162 valence electrons. The molecule has 8 nitrogen and oxygen atoms in total. The monoisotopic (exact) mass is 507 g/mol. The Morgan fingerprint density at radius 3 is 2.84 bits per heavy atom. The van der Waals surface area contributed by atoms with Gasteiger partial charge >= 0.3 is 0 Å². The zero-order valence-electron chi connectivity index (χ0n) is 16.5. The molecule has 0 spiro atoms. The summed E-state index contributed by atoms with van der Waals surface area (Å²) in [7, 11) is 0. The van der Waals surface area contributed by atoms with E-state index >= 15 is 0 Å². The van der Waals surface area contributed by atoms with Crippen molar-refractivity contribution in [3.63, 3.8) is 0 Å². The maximum Gasteiger partial charge on any atom is 0.247 e. The van der Waals surface area contributed by atoms with Crippen LogP contribution in [0.3, 0.4) is 0 Å². The number of nitrogen functional groups attached to an aromatic ring is 1. The number of ether oxygens (including phenoxy) is 2. The molecule has 0 saturated carbocycles. The van der Waals surface area contributed by atoms with Crippen molar-refractivity contribution in [2.24, 2.45) is 5.10 Å². The van der Waals surface area contributed by atoms with Gasteiger partial charge in [-0.25, -0.2) is 9.82 Å². The summed E-state index contributed by atoms with van der Waals surface area (Å²) in [6, 6.07) is 9.87. The van der Waals surface area contributed by atoms with E-state index in [0.717, 1.165) is 11.3 Å². The molecule has 0 unspecified atom stereocenters. The number of anilines is 1. The van der Waals surface area contributed by atoms with Gasteiger partial charge in [-0.3, -0.25) is 4.79 Å². The first-order chi connectivity index (χ1) is 15.0. The topological polar surface area (TPSA) is 112 Å². The zero-order chi connectivity index (χ0) is 22.2. The first kappa shape index (κ1) is 22.6. The van der Waals surface area contributed by atoms with E-state index in [4.69, 9.17) is 15.2 Å². The SMILES string of the molecule is CCOc1cc(/C=N/NC(=O)Cc2nnc(N)s2)cc(Br)c1OCc1ccccc1F. The molecule has 1 amide bonds. The number of carbonyl (C=O) groups excluding carboxylic acids is 1. The number of rotatable bonds is 9. The maximum absolute atomic E-state index is 13.9. The van der Waals surface area contributed by atoms with Gasteiger partial charge in [-0.1, -0.05) is 29.5 Å². The standard InChI is InChI=1S/C20H19BrFN5O3S/c1-2-29-16-8-12(10-24-25-17(28)9-18-26-27-20(23)31-18)7-14(21)19(16)30-11-13-5-3-4-6-15(13)22/h3-8,10H,2,9,11H2,1H3,(H2,23,27)(H,25,28)/b24-10+. The molecule has 0 aliphatic carbocycles. The molecule has 0 radical (unpaired) electrons. The summed E-state index contributed by atoms with van der Waals surface area (Å²) in [5, 5.41) is 12.2. The molecule has 0 bridgehead atoms. The van der Waals surface area contributed by atoms with Gasteiger partial charge in [0.15, 0.2) is 11.5 Å². The molecule has 1 heterocycles. The molecular weight excluding hydrogens is 489 g/mol. The lowest BCUT2D eigenvalue weighted by molar-refractivity contribution is -0.120. The van der Waals surface area contributed by atoms with E-state index in [1.165, 1.54) is 12.3 Å². The Morgan fingerprint density at radius 2 is 2.13 bits per heavy atom. The Hall–Kier alpha value is -3.05. The third-order valence-electron chi connectivity index (χ3n) is 3.86. The van der Waals surface area contributed by atoms with Crippen molar-refractivity contribution in [3.8, 4) is 11.5 Å². The smallest absolute Gasteiger partial charge is 0.247 e. The second-order valence-corrected chi connectivity index (χ2v) is 8.10. The fourth-order valence-corrected chi connectivity index (χ4v) is 3.71. The van der Waals surface area contributed by atoms with Crippen LogP contribution < -0.4 is 20.6 Å². The van der Waals surface area contributed by atoms with Crippen LogP contribution in [0.1, 0.15) is 23.1 Å². The van der Waals surface area contributed by atoms with Crippen LogP contribution in [0.5, 0.6) is 11.5 Å². The Labute approximate surface area is 190 Å². The molecule has 31 heavy (non-hydrogen) atoms. The summed E-state index contributed by atoms with van der Waals surface area (Å²) in [4.78, 5) is 11.9. The van der Waals surface area contributed by atoms with Crippen LogP contribution in [-0.4, -0.2) is 28.9 Å². The Balaban J connectivity index is 1.68. The maximum atomic E-state index is 13.9. The van der Waals surface area contributed by atoms with Crippen molar-refractivity contribution < 1.29 is 18.7 Å². The van der Waals surface area contributed by atoms with Crippen molar-refractivity contribution in [2.45, 2.75) is 20.0 Å². The number of hydrogen-bond acceptors (Lipinski definition) is 8. The van der Waals surface area contributed by atoms with Gasteiger partial charge in [-0.05, 0) is 46.6 Å². The van der Waals surface area contributed by atoms with Crippen molar-refractivity contribution in [1.82, 2.24) is 15.6 Å². The molecule has 0 atom stereocenters. The van der Waals surface area contributed by atoms with Gasteiger partial charge in [0.1, 0.15) is 17.4 Å². The summed E-state index contributed by atoms with van der Waals surface area (Å²) < 4.78 is 25.9. The van der Waals surface area contributed by atoms with Crippen LogP contribution in [0.15, 0.2) is 46.0 Å². The van der Waals surface area contributed by atoms with Crippen LogP contribution in [-0.2, 0) is 17.8 Å². The third-order valence-corrected chi connectivity index (χ3v) is 5.20. The number of carbonyl (C=O) groups is 1. The number of benzene rings is 2. The van der Waals surface area contributed by atoms with E-state index in [0.29, 0.717) is 43.8 Å². The number of nitrogens with one attached hydrogen (secondary N) is 1. The molecule has 0 aliphatic heterocycles. The summed E-state index contributed by atoms with van der Waals surface area (Å²) in [6.07, 6.45) is 1.50. The lowest BCUT2D eigenvalue weighted by Crippen LogP contribution is -2.19. The number of halogens is 2. The van der Waals surface area contributed by atoms with Gasteiger partial charge in [0.25, 0.3) is 0 Å². The van der Waals surface area contributed by atoms with Crippen LogP contribution in [0.25, 0.3) is 0 Å². The molecule has 11 heteroatoms. The first-order valence-corrected chi connectivity index (χ1v) is 10.8. The number of nitrogens with two attached hydrogens (primary N) is 1. The Kier molecular flexibility index (Phi) is 7.90. The summed E-state index contributed by atoms with van der Waals surface area (Å²) in [5.74, 6) is 0.221. The second kappa shape index (κ2) is 10.8. The first-order valence-electron chi connectivity index (χ1n) is 9.18. The average Bonchev–Trinajstić information content (AvgIpc) is 3.13. The highest BCUT2D eigenvalue weighted by Crippen LogP contribution is 2.37. The summed E-state index contributed by atoms with van der Waals surface area (Å²) in [5.41, 5.74) is 9.02. The van der Waals surface area contributed by atoms with Crippen LogP contribution in [0.2, 0.25) is 0 Å². The van der Waals surface area contributed by atoms with Crippen molar-refractivity contribution in [2.75, 3.05) is 12.3 Å². The number of hydrogen-bond donors (Lipinski definition) is 2. The quantitative estimate of drug-likeness (QED) is 0.337. The van der Waals surface area contributed by atoms with Gasteiger partial charge in [0.2, 0.25) is 11.0 Å². The van der Waals surface area contributed by atoms with Crippen LogP contribution >= 0.6 is 27.3 Å². The lowest BCUT2D eigenvalue weighted by Gasteiger charge is -2.15. The summed E-state index contributed by atoms with van der Waals surface area (Å²) in [6.45, 7) is 2.30. The van der Waals surface area contributed by atoms with E-state index in [1.807, 2.05) is 6.92 Å². The minimum atomic E-state index is -0.346. The molecule has 0 fully saturated rings. The average molecular weight is 508 g/mol. The van der Waals surface area contributed by atoms with E-state index in [2.05, 4.69) is 36.7 Å². The molecule has 0 saturated heterocycles. The molecule has 3 N–H and O–H groups in total. The molecular formula is C20H19BrFN5O3S. The number of nitrogens with zero attached hydrogens (tertiary/aromatic N) is 3. The summed E-state index contributed by atoms with van der Waals surface area (Å²) >= 11 is 4.60. The highest BCUT2D eigenvalue weighted by atomic mass is 79.9.